The van der Waals surface area contributed by atoms with Gasteiger partial charge in [-0.05, 0) is 44.2 Å². The van der Waals surface area contributed by atoms with Gasteiger partial charge in [0.25, 0.3) is 5.91 Å². The second-order valence-corrected chi connectivity index (χ2v) is 8.24. The van der Waals surface area contributed by atoms with E-state index in [1.165, 1.54) is 0 Å². The normalized spacial score (nSPS) is 10.4. The summed E-state index contributed by atoms with van der Waals surface area (Å²) in [4.78, 5) is 29.9. The average molecular weight is 427 g/mol. The van der Waals surface area contributed by atoms with Crippen LogP contribution < -0.4 is 16.0 Å². The summed E-state index contributed by atoms with van der Waals surface area (Å²) in [6.45, 7) is 4.37. The van der Waals surface area contributed by atoms with Crippen molar-refractivity contribution in [3.8, 4) is 0 Å². The van der Waals surface area contributed by atoms with Crippen LogP contribution >= 0.6 is 23.1 Å². The van der Waals surface area contributed by atoms with Crippen molar-refractivity contribution in [3.05, 3.63) is 70.2 Å². The van der Waals surface area contributed by atoms with Crippen molar-refractivity contribution in [1.29, 1.82) is 0 Å². The van der Waals surface area contributed by atoms with Gasteiger partial charge >= 0.3 is 6.03 Å². The molecule has 0 aliphatic rings. The summed E-state index contributed by atoms with van der Waals surface area (Å²) in [5.41, 5.74) is 2.83. The van der Waals surface area contributed by atoms with Gasteiger partial charge in [-0.1, -0.05) is 18.2 Å². The molecule has 0 bridgehead atoms. The molecule has 3 aromatic rings. The highest BCUT2D eigenvalue weighted by Gasteiger charge is 2.13. The fraction of sp³-hybridized carbons (Fsp3) is 0.190. The first kappa shape index (κ1) is 20.9. The van der Waals surface area contributed by atoms with Gasteiger partial charge in [-0.15, -0.1) is 23.1 Å². The number of hydrogen-bond donors (Lipinski definition) is 3. The number of rotatable bonds is 7. The van der Waals surface area contributed by atoms with Crippen LogP contribution in [0.5, 0.6) is 0 Å². The van der Waals surface area contributed by atoms with E-state index >= 15 is 0 Å². The Hall–Kier alpha value is -2.84. The highest BCUT2D eigenvalue weighted by atomic mass is 32.2. The van der Waals surface area contributed by atoms with Gasteiger partial charge in [0, 0.05) is 33.9 Å². The van der Waals surface area contributed by atoms with Gasteiger partial charge in [0.05, 0.1) is 16.3 Å². The molecule has 0 aliphatic carbocycles. The number of aryl methyl sites for hydroxylation is 1. The number of benzene rings is 2. The van der Waals surface area contributed by atoms with E-state index in [0.29, 0.717) is 29.2 Å². The van der Waals surface area contributed by atoms with E-state index in [1.54, 1.807) is 53.4 Å². The second-order valence-electron chi connectivity index (χ2n) is 6.16. The zero-order chi connectivity index (χ0) is 20.6. The molecule has 150 valence electrons. The number of aromatic nitrogens is 1. The average Bonchev–Trinajstić information content (AvgIpc) is 3.12. The zero-order valence-electron chi connectivity index (χ0n) is 16.2. The predicted octanol–water partition coefficient (Wildman–Crippen LogP) is 5.14. The van der Waals surface area contributed by atoms with E-state index in [2.05, 4.69) is 20.9 Å². The third kappa shape index (κ3) is 6.07. The van der Waals surface area contributed by atoms with E-state index in [-0.39, 0.29) is 11.9 Å². The van der Waals surface area contributed by atoms with Crippen LogP contribution in [0.1, 0.15) is 28.0 Å². The topological polar surface area (TPSA) is 83.1 Å². The summed E-state index contributed by atoms with van der Waals surface area (Å²) < 4.78 is 0. The number of nitrogens with one attached hydrogen (secondary N) is 3. The van der Waals surface area contributed by atoms with Gasteiger partial charge in [-0.25, -0.2) is 9.78 Å². The Kier molecular flexibility index (Phi) is 7.26. The van der Waals surface area contributed by atoms with Crippen molar-refractivity contribution >= 4 is 46.4 Å². The molecule has 2 aromatic carbocycles. The van der Waals surface area contributed by atoms with Crippen LogP contribution in [0, 0.1) is 6.92 Å². The van der Waals surface area contributed by atoms with Crippen LogP contribution in [0.2, 0.25) is 0 Å². The first-order valence-corrected chi connectivity index (χ1v) is 11.0. The molecule has 0 radical (unpaired) electrons. The van der Waals surface area contributed by atoms with Gasteiger partial charge in [0.2, 0.25) is 0 Å². The summed E-state index contributed by atoms with van der Waals surface area (Å²) in [6, 6.07) is 14.3. The third-order valence-corrected chi connectivity index (χ3v) is 5.82. The number of anilines is 2. The Morgan fingerprint density at radius 3 is 2.55 bits per heavy atom. The van der Waals surface area contributed by atoms with Crippen LogP contribution in [0.4, 0.5) is 16.2 Å². The number of hydrogen-bond acceptors (Lipinski definition) is 5. The van der Waals surface area contributed by atoms with Crippen LogP contribution in [0.3, 0.4) is 0 Å². The fourth-order valence-electron chi connectivity index (χ4n) is 2.62. The smallest absolute Gasteiger partial charge is 0.319 e. The van der Waals surface area contributed by atoms with Crippen molar-refractivity contribution in [2.24, 2.45) is 0 Å². The maximum atomic E-state index is 12.8. The summed E-state index contributed by atoms with van der Waals surface area (Å²) in [7, 11) is 0. The number of nitrogens with zero attached hydrogens (tertiary/aromatic N) is 1. The number of carbonyl (C=O) groups excluding carboxylic acids is 2. The first-order valence-electron chi connectivity index (χ1n) is 9.14. The molecule has 1 heterocycles. The molecule has 0 atom stereocenters. The largest absolute Gasteiger partial charge is 0.338 e. The van der Waals surface area contributed by atoms with E-state index in [1.807, 2.05) is 37.4 Å². The van der Waals surface area contributed by atoms with E-state index in [4.69, 9.17) is 0 Å². The molecule has 3 N–H and O–H groups in total. The lowest BCUT2D eigenvalue weighted by Crippen LogP contribution is -2.28. The minimum atomic E-state index is -0.282. The van der Waals surface area contributed by atoms with Crippen molar-refractivity contribution in [3.63, 3.8) is 0 Å². The molecular weight excluding hydrogens is 404 g/mol. The van der Waals surface area contributed by atoms with E-state index < -0.39 is 0 Å². The molecule has 3 rings (SSSR count). The van der Waals surface area contributed by atoms with Gasteiger partial charge in [0.15, 0.2) is 0 Å². The molecular formula is C21H22N4O2S2. The first-order chi connectivity index (χ1) is 14.0. The molecule has 0 unspecified atom stereocenters. The highest BCUT2D eigenvalue weighted by Crippen LogP contribution is 2.27. The zero-order valence-corrected chi connectivity index (χ0v) is 17.8. The minimum Gasteiger partial charge on any atom is -0.338 e. The SMILES string of the molecule is CCNC(=O)Nc1cccc(NC(=O)c2ccccc2SCc2csc(C)n2)c1. The summed E-state index contributed by atoms with van der Waals surface area (Å²) in [5.74, 6) is 0.512. The molecule has 3 amide bonds. The maximum Gasteiger partial charge on any atom is 0.319 e. The van der Waals surface area contributed by atoms with Crippen LogP contribution in [0.25, 0.3) is 0 Å². The Bertz CT molecular complexity index is 1000. The van der Waals surface area contributed by atoms with Crippen molar-refractivity contribution < 1.29 is 9.59 Å². The van der Waals surface area contributed by atoms with Gasteiger partial charge in [0.1, 0.15) is 0 Å². The Balaban J connectivity index is 1.68. The molecule has 0 spiro atoms. The molecule has 0 saturated heterocycles. The standard InChI is InChI=1S/C21H22N4O2S2/c1-3-22-21(27)25-16-8-6-7-15(11-16)24-20(26)18-9-4-5-10-19(18)29-13-17-12-28-14(2)23-17/h4-12H,3,13H2,1-2H3,(H,24,26)(H2,22,25,27). The van der Waals surface area contributed by atoms with Crippen molar-refractivity contribution in [1.82, 2.24) is 10.3 Å². The lowest BCUT2D eigenvalue weighted by atomic mass is 10.2. The minimum absolute atomic E-state index is 0.197. The number of urea groups is 1. The molecule has 8 heteroatoms. The third-order valence-electron chi connectivity index (χ3n) is 3.89. The highest BCUT2D eigenvalue weighted by molar-refractivity contribution is 7.98. The Morgan fingerprint density at radius 2 is 1.83 bits per heavy atom. The number of thioether (sulfide) groups is 1. The lowest BCUT2D eigenvalue weighted by molar-refractivity contribution is 0.102. The van der Waals surface area contributed by atoms with Crippen LogP contribution in [-0.4, -0.2) is 23.5 Å². The van der Waals surface area contributed by atoms with Crippen LogP contribution in [-0.2, 0) is 5.75 Å². The molecule has 0 aliphatic heterocycles. The van der Waals surface area contributed by atoms with Gasteiger partial charge in [-0.3, -0.25) is 4.79 Å². The van der Waals surface area contributed by atoms with E-state index in [9.17, 15) is 9.59 Å². The Labute approximate surface area is 178 Å². The Morgan fingerprint density at radius 1 is 1.07 bits per heavy atom. The lowest BCUT2D eigenvalue weighted by Gasteiger charge is -2.11. The van der Waals surface area contributed by atoms with Gasteiger partial charge in [-0.2, -0.15) is 0 Å². The predicted molar refractivity (Wildman–Crippen MR) is 120 cm³/mol. The van der Waals surface area contributed by atoms with Crippen molar-refractivity contribution in [2.45, 2.75) is 24.5 Å². The summed E-state index contributed by atoms with van der Waals surface area (Å²) >= 11 is 3.21. The number of carbonyl (C=O) groups is 2. The summed E-state index contributed by atoms with van der Waals surface area (Å²) in [5, 5.41) is 11.4. The molecule has 0 fully saturated rings. The molecule has 1 aromatic heterocycles. The number of amides is 3. The summed E-state index contributed by atoms with van der Waals surface area (Å²) in [6.07, 6.45) is 0. The monoisotopic (exact) mass is 426 g/mol. The number of thiazole rings is 1. The van der Waals surface area contributed by atoms with E-state index in [0.717, 1.165) is 15.6 Å². The fourth-order valence-corrected chi connectivity index (χ4v) is 4.28. The quantitative estimate of drug-likeness (QED) is 0.457. The molecule has 29 heavy (non-hydrogen) atoms. The van der Waals surface area contributed by atoms with Crippen LogP contribution in [0.15, 0.2) is 58.8 Å². The molecule has 6 nitrogen and oxygen atoms in total. The second kappa shape index (κ2) is 10.1. The van der Waals surface area contributed by atoms with Crippen molar-refractivity contribution in [2.75, 3.05) is 17.2 Å². The molecule has 0 saturated carbocycles. The maximum absolute atomic E-state index is 12.8. The van der Waals surface area contributed by atoms with Gasteiger partial charge < -0.3 is 16.0 Å².